The predicted octanol–water partition coefficient (Wildman–Crippen LogP) is 3.08. The van der Waals surface area contributed by atoms with E-state index in [1.807, 2.05) is 31.3 Å². The molecule has 0 saturated heterocycles. The van der Waals surface area contributed by atoms with Crippen molar-refractivity contribution in [2.75, 3.05) is 11.9 Å². The molecule has 27 heavy (non-hydrogen) atoms. The van der Waals surface area contributed by atoms with Crippen LogP contribution < -0.4 is 4.90 Å². The van der Waals surface area contributed by atoms with Gasteiger partial charge in [0.15, 0.2) is 5.75 Å². The van der Waals surface area contributed by atoms with Crippen LogP contribution in [0.3, 0.4) is 0 Å². The molecule has 0 radical (unpaired) electrons. The third-order valence-electron chi connectivity index (χ3n) is 5.15. The molecule has 3 aromatic rings. The third kappa shape index (κ3) is 2.42. The summed E-state index contributed by atoms with van der Waals surface area (Å²) in [4.78, 5) is 6.93. The van der Waals surface area contributed by atoms with E-state index in [4.69, 9.17) is 0 Å². The molecule has 0 amide bonds. The number of sulfonamides is 1. The zero-order valence-electron chi connectivity index (χ0n) is 14.6. The average Bonchev–Trinajstić information content (AvgIpc) is 3.48. The second-order valence-corrected chi connectivity index (χ2v) is 8.50. The highest BCUT2D eigenvalue weighted by atomic mass is 32.2. The van der Waals surface area contributed by atoms with E-state index in [2.05, 4.69) is 14.3 Å². The van der Waals surface area contributed by atoms with E-state index in [-0.39, 0.29) is 22.1 Å². The van der Waals surface area contributed by atoms with Crippen molar-refractivity contribution >= 4 is 32.3 Å². The van der Waals surface area contributed by atoms with Crippen molar-refractivity contribution in [3.63, 3.8) is 0 Å². The van der Waals surface area contributed by atoms with Gasteiger partial charge in [0.05, 0.1) is 4.90 Å². The summed E-state index contributed by atoms with van der Waals surface area (Å²) in [5.74, 6) is 0.676. The Hall–Kier alpha value is -2.93. The van der Waals surface area contributed by atoms with Gasteiger partial charge in [-0.25, -0.2) is 4.98 Å². The van der Waals surface area contributed by atoms with Gasteiger partial charge >= 0.3 is 0 Å². The number of aromatic nitrogens is 1. The molecule has 6 nitrogen and oxygen atoms in total. The zero-order chi connectivity index (χ0) is 18.8. The Kier molecular flexibility index (Phi) is 3.33. The summed E-state index contributed by atoms with van der Waals surface area (Å²) in [5.41, 5.74) is 0.861. The average molecular weight is 379 g/mol. The van der Waals surface area contributed by atoms with Crippen LogP contribution in [0, 0.1) is 0 Å². The molecule has 7 heteroatoms. The number of rotatable bonds is 3. The minimum Gasteiger partial charge on any atom is -0.505 e. The summed E-state index contributed by atoms with van der Waals surface area (Å²) in [6.07, 6.45) is 2.20. The Balaban J connectivity index is 1.81. The van der Waals surface area contributed by atoms with Gasteiger partial charge in [-0.1, -0.05) is 42.5 Å². The van der Waals surface area contributed by atoms with Crippen molar-refractivity contribution in [2.24, 2.45) is 4.40 Å². The highest BCUT2D eigenvalue weighted by Crippen LogP contribution is 2.40. The minimum atomic E-state index is -3.79. The van der Waals surface area contributed by atoms with E-state index in [9.17, 15) is 13.5 Å². The van der Waals surface area contributed by atoms with Gasteiger partial charge in [0.25, 0.3) is 10.0 Å². The quantitative estimate of drug-likeness (QED) is 0.756. The maximum absolute atomic E-state index is 12.4. The van der Waals surface area contributed by atoms with Gasteiger partial charge in [-0.2, -0.15) is 12.8 Å². The molecule has 0 atom stereocenters. The Morgan fingerprint density at radius 2 is 1.70 bits per heavy atom. The number of aromatic hydroxyl groups is 1. The Bertz CT molecular complexity index is 1230. The standard InChI is InChI=1S/C20H17N3O3S/c1-23(12-10-11-12)20-14-7-3-2-6-13(14)19(24)18(21-20)17-15-8-4-5-9-16(15)27(25,26)22-17/h2-9,12,24H,10-11H2,1H3. The Morgan fingerprint density at radius 1 is 1.04 bits per heavy atom. The van der Waals surface area contributed by atoms with Gasteiger partial charge in [-0.05, 0) is 18.9 Å². The van der Waals surface area contributed by atoms with Gasteiger partial charge in [0.2, 0.25) is 0 Å². The molecule has 1 aliphatic carbocycles. The van der Waals surface area contributed by atoms with E-state index in [1.165, 1.54) is 6.07 Å². The van der Waals surface area contributed by atoms with Gasteiger partial charge < -0.3 is 10.0 Å². The largest absolute Gasteiger partial charge is 0.505 e. The van der Waals surface area contributed by atoms with Crippen LogP contribution in [-0.2, 0) is 10.0 Å². The van der Waals surface area contributed by atoms with E-state index >= 15 is 0 Å². The topological polar surface area (TPSA) is 82.9 Å². The number of benzene rings is 2. The van der Waals surface area contributed by atoms with E-state index in [0.717, 1.165) is 24.0 Å². The lowest BCUT2D eigenvalue weighted by Crippen LogP contribution is -2.22. The van der Waals surface area contributed by atoms with Crippen LogP contribution in [0.5, 0.6) is 5.75 Å². The fourth-order valence-corrected chi connectivity index (χ4v) is 4.79. The van der Waals surface area contributed by atoms with Crippen molar-refractivity contribution in [2.45, 2.75) is 23.8 Å². The summed E-state index contributed by atoms with van der Waals surface area (Å²) < 4.78 is 28.8. The third-order valence-corrected chi connectivity index (χ3v) is 6.48. The second-order valence-electron chi connectivity index (χ2n) is 6.93. The van der Waals surface area contributed by atoms with Crippen LogP contribution in [0.2, 0.25) is 0 Å². The van der Waals surface area contributed by atoms with Crippen LogP contribution >= 0.6 is 0 Å². The Morgan fingerprint density at radius 3 is 2.44 bits per heavy atom. The highest BCUT2D eigenvalue weighted by molar-refractivity contribution is 7.90. The normalized spacial score (nSPS) is 17.6. The van der Waals surface area contributed by atoms with Gasteiger partial charge in [-0.15, -0.1) is 0 Å². The van der Waals surface area contributed by atoms with Crippen LogP contribution in [0.1, 0.15) is 24.1 Å². The lowest BCUT2D eigenvalue weighted by Gasteiger charge is -2.21. The molecule has 0 unspecified atom stereocenters. The minimum absolute atomic E-state index is 0.0517. The van der Waals surface area contributed by atoms with Crippen molar-refractivity contribution < 1.29 is 13.5 Å². The predicted molar refractivity (Wildman–Crippen MR) is 104 cm³/mol. The van der Waals surface area contributed by atoms with Crippen molar-refractivity contribution in [3.05, 3.63) is 59.8 Å². The molecule has 5 rings (SSSR count). The summed E-state index contributed by atoms with van der Waals surface area (Å²) >= 11 is 0. The van der Waals surface area contributed by atoms with Gasteiger partial charge in [0, 0.05) is 29.4 Å². The molecule has 0 spiro atoms. The molecule has 1 aliphatic heterocycles. The smallest absolute Gasteiger partial charge is 0.283 e. The number of fused-ring (bicyclic) bond motifs is 2. The first-order chi connectivity index (χ1) is 13.0. The summed E-state index contributed by atoms with van der Waals surface area (Å²) in [5, 5.41) is 12.4. The summed E-state index contributed by atoms with van der Waals surface area (Å²) in [6.45, 7) is 0. The first-order valence-corrected chi connectivity index (χ1v) is 10.2. The first kappa shape index (κ1) is 16.3. The first-order valence-electron chi connectivity index (χ1n) is 8.76. The van der Waals surface area contributed by atoms with E-state index in [0.29, 0.717) is 17.0 Å². The van der Waals surface area contributed by atoms with Crippen LogP contribution in [0.25, 0.3) is 10.8 Å². The highest BCUT2D eigenvalue weighted by Gasteiger charge is 2.34. The number of hydrogen-bond acceptors (Lipinski definition) is 5. The molecule has 1 aromatic heterocycles. The lowest BCUT2D eigenvalue weighted by molar-refractivity contribution is 0.478. The van der Waals surface area contributed by atoms with Crippen LogP contribution in [0.4, 0.5) is 5.82 Å². The molecule has 1 saturated carbocycles. The lowest BCUT2D eigenvalue weighted by atomic mass is 10.0. The molecule has 1 N–H and O–H groups in total. The second kappa shape index (κ2) is 5.53. The fraction of sp³-hybridized carbons (Fsp3) is 0.200. The van der Waals surface area contributed by atoms with Crippen LogP contribution in [0.15, 0.2) is 57.8 Å². The summed E-state index contributed by atoms with van der Waals surface area (Å²) in [7, 11) is -1.81. The van der Waals surface area contributed by atoms with Crippen molar-refractivity contribution in [1.29, 1.82) is 0 Å². The molecule has 0 bridgehead atoms. The fourth-order valence-electron chi connectivity index (χ4n) is 3.58. The van der Waals surface area contributed by atoms with Gasteiger partial charge in [0.1, 0.15) is 17.2 Å². The number of nitrogens with zero attached hydrogens (tertiary/aromatic N) is 3. The Labute approximate surface area is 156 Å². The molecule has 2 heterocycles. The van der Waals surface area contributed by atoms with Crippen molar-refractivity contribution in [3.8, 4) is 5.75 Å². The van der Waals surface area contributed by atoms with Gasteiger partial charge in [-0.3, -0.25) is 0 Å². The molecule has 2 aromatic carbocycles. The maximum atomic E-state index is 12.4. The SMILES string of the molecule is CN(c1nc(C2=NS(=O)(=O)c3ccccc32)c(O)c2ccccc12)C1CC1. The molecular formula is C20H17N3O3S. The summed E-state index contributed by atoms with van der Waals surface area (Å²) in [6, 6.07) is 14.5. The maximum Gasteiger partial charge on any atom is 0.283 e. The monoisotopic (exact) mass is 379 g/mol. The van der Waals surface area contributed by atoms with Crippen LogP contribution in [-0.4, -0.2) is 37.3 Å². The zero-order valence-corrected chi connectivity index (χ0v) is 15.4. The molecule has 1 fully saturated rings. The molecule has 2 aliphatic rings. The number of anilines is 1. The number of hydrogen-bond donors (Lipinski definition) is 1. The van der Waals surface area contributed by atoms with Crippen molar-refractivity contribution in [1.82, 2.24) is 4.98 Å². The van der Waals surface area contributed by atoms with E-state index in [1.54, 1.807) is 18.2 Å². The molecule has 136 valence electrons. The number of pyridine rings is 1. The van der Waals surface area contributed by atoms with E-state index < -0.39 is 10.0 Å². The molecular weight excluding hydrogens is 362 g/mol.